The Labute approximate surface area is 452 Å². The summed E-state index contributed by atoms with van der Waals surface area (Å²) in [6, 6.07) is 15.1. The average molecular weight is 1050 g/mol. The number of carbonyl (C=O) groups is 3. The number of hydrogen-bond donors (Lipinski definition) is 7. The second-order valence-electron chi connectivity index (χ2n) is 24.3. The molecule has 5 aliphatic carbocycles. The van der Waals surface area contributed by atoms with E-state index in [9.17, 15) is 40.2 Å². The number of phenolic OH excluding ortho intramolecular Hbond substituents is 1. The summed E-state index contributed by atoms with van der Waals surface area (Å²) in [4.78, 5) is 43.9. The number of phenols is 1. The van der Waals surface area contributed by atoms with Gasteiger partial charge in [-0.3, -0.25) is 9.59 Å². The fourth-order valence-corrected chi connectivity index (χ4v) is 15.0. The van der Waals surface area contributed by atoms with Gasteiger partial charge in [0.15, 0.2) is 0 Å². The van der Waals surface area contributed by atoms with Crippen molar-refractivity contribution < 1.29 is 59.2 Å². The number of fused-ring (bicyclic) bond motifs is 9. The third kappa shape index (κ3) is 11.0. The topological polar surface area (TPSA) is 212 Å². The van der Waals surface area contributed by atoms with Gasteiger partial charge in [-0.05, 0) is 153 Å². The maximum Gasteiger partial charge on any atom is 0.334 e. The van der Waals surface area contributed by atoms with Crippen molar-refractivity contribution in [1.82, 2.24) is 0 Å². The van der Waals surface area contributed by atoms with E-state index in [0.29, 0.717) is 71.4 Å². The molecule has 10 bridgehead atoms. The lowest BCUT2D eigenvalue weighted by atomic mass is 9.49. The molecule has 3 aromatic carbocycles. The van der Waals surface area contributed by atoms with Crippen LogP contribution in [0.5, 0.6) is 11.5 Å². The number of allylic oxidation sites excluding steroid dienone is 2. The van der Waals surface area contributed by atoms with Crippen molar-refractivity contribution in [2.24, 2.45) is 29.6 Å². The Balaban J connectivity index is 1.07. The highest BCUT2D eigenvalue weighted by Crippen LogP contribution is 2.58. The number of ether oxygens (including phenoxy) is 3. The number of benzene rings is 3. The molecular weight excluding hydrogens is 975 g/mol. The van der Waals surface area contributed by atoms with Gasteiger partial charge in [0.1, 0.15) is 40.7 Å². The first-order chi connectivity index (χ1) is 37.1. The number of nitrogens with one attached hydrogen (secondary N) is 1. The van der Waals surface area contributed by atoms with E-state index < -0.39 is 65.1 Å². The molecule has 13 nitrogen and oxygen atoms in total. The maximum atomic E-state index is 15.7. The molecule has 8 aliphatic rings. The monoisotopic (exact) mass is 1050 g/mol. The zero-order valence-corrected chi connectivity index (χ0v) is 44.5. The van der Waals surface area contributed by atoms with Crippen LogP contribution in [0.4, 0.5) is 5.69 Å². The quantitative estimate of drug-likeness (QED) is 0.0440. The van der Waals surface area contributed by atoms with Crippen LogP contribution in [0.25, 0.3) is 0 Å². The lowest BCUT2D eigenvalue weighted by Gasteiger charge is -2.58. The Hall–Kier alpha value is -5.33. The van der Waals surface area contributed by atoms with Crippen LogP contribution >= 0.6 is 0 Å². The number of hydrogen-bond acceptors (Lipinski definition) is 13. The SMILES string of the molecule is C[C@@](O)(CNc1cc(CO)cc([C@@H]2C#C[C@@H]3CC(=O)Oc4c3cc(c(O)c4C3CCCCC3)C[C@H]3OC(=O)/C(=C\[C@H](O)Cc4cccc(c4)C[C@@H]4C(=O)CC[C@@H]5[C@H]4C[C@@H]4C=CCC[C@@H]4[C@]53O)C2)c1)[C@H](O)COC1CCCC1. The van der Waals surface area contributed by atoms with Crippen LogP contribution in [-0.2, 0) is 49.7 Å². The minimum Gasteiger partial charge on any atom is -0.507 e. The number of Topliss-reactive ketones (excluding diaryl/α,β-unsaturated/α-hetero) is 1. The molecule has 0 amide bonds. The fraction of sp³-hybridized carbons (Fsp3) is 0.578. The van der Waals surface area contributed by atoms with E-state index in [0.717, 1.165) is 68.9 Å². The maximum absolute atomic E-state index is 15.7. The zero-order chi connectivity index (χ0) is 53.6. The van der Waals surface area contributed by atoms with E-state index in [4.69, 9.17) is 14.2 Å². The molecule has 3 aliphatic heterocycles. The molecule has 0 aromatic heterocycles. The Bertz CT molecular complexity index is 2850. The molecule has 0 saturated heterocycles. The second-order valence-corrected chi connectivity index (χ2v) is 24.3. The standard InChI is InChI=1S/C64H77NO12/c1-63(73,56(69)35-75-49-15-6-7-16-49)36-65-47-24-39(34-66)23-44(28-47)41-18-19-42-33-58(70)77-61-50(42)31-45(60(71)59(61)40-12-3-2-4-13-40)32-57-64(74)53-17-8-5-14-43(53)30-51-52(55(68)21-20-54(51)64)26-38-11-9-10-37(22-38)25-48(67)29-46(27-41)62(72)76-57/h5,9-11,14,22-24,28-29,31,40-43,48-49,51-54,56-57,65-67,69,71,73-74H,2-4,6-8,12-13,15-17,20-21,25-27,30,32-36H2,1H3/b46-29-/t41-,42-,43+,48-,51+,52+,53+,54-,56-,57-,63-,64+/m1/s1. The average Bonchev–Trinajstić information content (AvgIpc) is 4.07. The number of aliphatic hydroxyl groups excluding tert-OH is 3. The van der Waals surface area contributed by atoms with Gasteiger partial charge in [-0.15, -0.1) is 0 Å². The molecule has 7 N–H and O–H groups in total. The summed E-state index contributed by atoms with van der Waals surface area (Å²) in [6.07, 6.45) is 13.9. The number of ketones is 1. The first-order valence-electron chi connectivity index (χ1n) is 28.9. The molecule has 4 saturated carbocycles. The molecule has 12 atom stereocenters. The molecular formula is C64H77NO12. The van der Waals surface area contributed by atoms with E-state index in [2.05, 4.69) is 29.3 Å². The van der Waals surface area contributed by atoms with Gasteiger partial charge in [0.05, 0.1) is 37.8 Å². The van der Waals surface area contributed by atoms with Gasteiger partial charge in [-0.1, -0.05) is 86.4 Å². The highest BCUT2D eigenvalue weighted by molar-refractivity contribution is 5.89. The predicted molar refractivity (Wildman–Crippen MR) is 289 cm³/mol. The summed E-state index contributed by atoms with van der Waals surface area (Å²) in [7, 11) is 0. The van der Waals surface area contributed by atoms with Crippen LogP contribution in [0, 0.1) is 41.4 Å². The third-order valence-electron chi connectivity index (χ3n) is 19.1. The van der Waals surface area contributed by atoms with Crippen molar-refractivity contribution in [3.8, 4) is 23.3 Å². The van der Waals surface area contributed by atoms with Gasteiger partial charge in [0.25, 0.3) is 0 Å². The van der Waals surface area contributed by atoms with Gasteiger partial charge < -0.3 is 50.2 Å². The molecule has 77 heavy (non-hydrogen) atoms. The van der Waals surface area contributed by atoms with Crippen LogP contribution in [0.2, 0.25) is 0 Å². The lowest BCUT2D eigenvalue weighted by molar-refractivity contribution is -0.221. The van der Waals surface area contributed by atoms with Gasteiger partial charge in [0, 0.05) is 60.0 Å². The Morgan fingerprint density at radius 3 is 2.44 bits per heavy atom. The van der Waals surface area contributed by atoms with Crippen molar-refractivity contribution >= 4 is 23.4 Å². The summed E-state index contributed by atoms with van der Waals surface area (Å²) in [6.45, 7) is 1.08. The summed E-state index contributed by atoms with van der Waals surface area (Å²) in [5.41, 5.74) is 1.88. The van der Waals surface area contributed by atoms with Crippen LogP contribution in [0.15, 0.2) is 72.3 Å². The third-order valence-corrected chi connectivity index (χ3v) is 19.1. The second kappa shape index (κ2) is 22.4. The van der Waals surface area contributed by atoms with Crippen molar-refractivity contribution in [1.29, 1.82) is 0 Å². The Kier molecular flexibility index (Phi) is 15.6. The molecule has 3 aromatic rings. The fourth-order valence-electron chi connectivity index (χ4n) is 15.0. The van der Waals surface area contributed by atoms with E-state index in [1.165, 1.54) is 6.08 Å². The summed E-state index contributed by atoms with van der Waals surface area (Å²) >= 11 is 0. The van der Waals surface area contributed by atoms with Crippen molar-refractivity contribution in [2.75, 3.05) is 18.5 Å². The number of anilines is 1. The number of aliphatic hydroxyl groups is 5. The molecule has 3 heterocycles. The highest BCUT2D eigenvalue weighted by Gasteiger charge is 2.62. The summed E-state index contributed by atoms with van der Waals surface area (Å²) in [5, 5.41) is 75.9. The molecule has 410 valence electrons. The van der Waals surface area contributed by atoms with Crippen molar-refractivity contribution in [3.63, 3.8) is 0 Å². The minimum atomic E-state index is -1.67. The Morgan fingerprint density at radius 1 is 0.883 bits per heavy atom. The number of esters is 2. The lowest BCUT2D eigenvalue weighted by Crippen LogP contribution is -2.65. The molecule has 0 radical (unpaired) electrons. The largest absolute Gasteiger partial charge is 0.507 e. The summed E-state index contributed by atoms with van der Waals surface area (Å²) in [5.74, 6) is 2.98. The summed E-state index contributed by atoms with van der Waals surface area (Å²) < 4.78 is 19.1. The van der Waals surface area contributed by atoms with E-state index >= 15 is 4.79 Å². The predicted octanol–water partition coefficient (Wildman–Crippen LogP) is 8.47. The zero-order valence-electron chi connectivity index (χ0n) is 44.5. The highest BCUT2D eigenvalue weighted by atomic mass is 16.6. The Morgan fingerprint density at radius 2 is 1.65 bits per heavy atom. The smallest absolute Gasteiger partial charge is 0.334 e. The van der Waals surface area contributed by atoms with Gasteiger partial charge in [-0.2, -0.15) is 0 Å². The molecule has 0 spiro atoms. The van der Waals surface area contributed by atoms with Crippen LogP contribution < -0.4 is 10.1 Å². The number of carbonyl (C=O) groups excluding carboxylic acids is 3. The minimum absolute atomic E-state index is 0.0273. The molecule has 11 rings (SSSR count). The molecule has 4 fully saturated rings. The van der Waals surface area contributed by atoms with Gasteiger partial charge >= 0.3 is 11.9 Å². The van der Waals surface area contributed by atoms with E-state index in [-0.39, 0.29) is 98.7 Å². The van der Waals surface area contributed by atoms with E-state index in [1.54, 1.807) is 19.1 Å². The first kappa shape index (κ1) is 53.7. The number of rotatable bonds is 10. The number of aromatic hydroxyl groups is 1. The van der Waals surface area contributed by atoms with Gasteiger partial charge in [0.2, 0.25) is 0 Å². The van der Waals surface area contributed by atoms with E-state index in [1.807, 2.05) is 36.4 Å². The van der Waals surface area contributed by atoms with Gasteiger partial charge in [-0.25, -0.2) is 4.79 Å². The van der Waals surface area contributed by atoms with Crippen molar-refractivity contribution in [2.45, 2.75) is 189 Å². The van der Waals surface area contributed by atoms with Crippen molar-refractivity contribution in [3.05, 3.63) is 111 Å². The van der Waals surface area contributed by atoms with Crippen LogP contribution in [-0.4, -0.2) is 97.1 Å². The van der Waals surface area contributed by atoms with Crippen LogP contribution in [0.3, 0.4) is 0 Å². The first-order valence-corrected chi connectivity index (χ1v) is 28.9. The molecule has 0 unspecified atom stereocenters. The van der Waals surface area contributed by atoms with Crippen LogP contribution in [0.1, 0.15) is 166 Å². The molecule has 13 heteroatoms. The normalized spacial score (nSPS) is 32.4.